The van der Waals surface area contributed by atoms with E-state index in [0.29, 0.717) is 11.3 Å². The Bertz CT molecular complexity index is 908. The number of aryl methyl sites for hydroxylation is 1. The van der Waals surface area contributed by atoms with Crippen molar-refractivity contribution in [1.29, 1.82) is 0 Å². The van der Waals surface area contributed by atoms with E-state index in [1.54, 1.807) is 18.2 Å². The molecule has 3 N–H and O–H groups in total. The summed E-state index contributed by atoms with van der Waals surface area (Å²) >= 11 is 8.39. The number of halogens is 1. The van der Waals surface area contributed by atoms with Crippen molar-refractivity contribution in [2.45, 2.75) is 33.1 Å². The quantitative estimate of drug-likeness (QED) is 0.461. The maximum Gasteiger partial charge on any atom is 0.269 e. The molecule has 0 aliphatic heterocycles. The first-order valence-electron chi connectivity index (χ1n) is 8.96. The van der Waals surface area contributed by atoms with Gasteiger partial charge in [-0.3, -0.25) is 25.8 Å². The highest BCUT2D eigenvalue weighted by atomic mass is 79.9. The van der Waals surface area contributed by atoms with E-state index >= 15 is 0 Å². The molecule has 6 nitrogen and oxygen atoms in total. The van der Waals surface area contributed by atoms with Gasteiger partial charge in [0.05, 0.1) is 0 Å². The van der Waals surface area contributed by atoms with E-state index in [4.69, 9.17) is 17.0 Å². The predicted octanol–water partition coefficient (Wildman–Crippen LogP) is 3.77. The van der Waals surface area contributed by atoms with Gasteiger partial charge in [0.15, 0.2) is 11.7 Å². The molecule has 0 saturated carbocycles. The zero-order valence-electron chi connectivity index (χ0n) is 16.8. The largest absolute Gasteiger partial charge is 0.483 e. The van der Waals surface area contributed by atoms with E-state index in [0.717, 1.165) is 15.6 Å². The van der Waals surface area contributed by atoms with Gasteiger partial charge in [0.1, 0.15) is 5.75 Å². The molecule has 29 heavy (non-hydrogen) atoms. The lowest BCUT2D eigenvalue weighted by atomic mass is 9.87. The monoisotopic (exact) mass is 477 g/mol. The number of benzene rings is 2. The zero-order chi connectivity index (χ0) is 21.6. The van der Waals surface area contributed by atoms with E-state index in [1.807, 2.05) is 31.2 Å². The predicted molar refractivity (Wildman–Crippen MR) is 121 cm³/mol. The minimum absolute atomic E-state index is 0.00988. The molecule has 2 aromatic carbocycles. The standard InChI is InChI=1S/C21H24BrN3O3S/c1-13-11-16(22)9-10-17(13)28-12-18(26)23-20(29)25-24-19(27)14-5-7-15(8-6-14)21(2,3)4/h5-11H,12H2,1-4H3,(H,24,27)(H2,23,25,26,29). The maximum absolute atomic E-state index is 12.2. The Hall–Kier alpha value is -2.45. The maximum atomic E-state index is 12.2. The fourth-order valence-electron chi connectivity index (χ4n) is 2.42. The fraction of sp³-hybridized carbons (Fsp3) is 0.286. The van der Waals surface area contributed by atoms with Crippen LogP contribution in [0.1, 0.15) is 42.3 Å². The number of carbonyl (C=O) groups excluding carboxylic acids is 2. The number of nitrogens with one attached hydrogen (secondary N) is 3. The van der Waals surface area contributed by atoms with Crippen LogP contribution in [0.3, 0.4) is 0 Å². The molecule has 0 aromatic heterocycles. The lowest BCUT2D eigenvalue weighted by Crippen LogP contribution is -2.49. The molecule has 154 valence electrons. The molecule has 0 spiro atoms. The molecule has 0 bridgehead atoms. The molecule has 0 heterocycles. The molecule has 8 heteroatoms. The topological polar surface area (TPSA) is 79.5 Å². The second-order valence-electron chi connectivity index (χ2n) is 7.48. The number of thiocarbonyl (C=S) groups is 1. The van der Waals surface area contributed by atoms with E-state index in [-0.39, 0.29) is 23.0 Å². The molecule has 0 fully saturated rings. The number of hydrazine groups is 1. The summed E-state index contributed by atoms with van der Waals surface area (Å²) in [6, 6.07) is 12.8. The van der Waals surface area contributed by atoms with Crippen molar-refractivity contribution in [2.75, 3.05) is 6.61 Å². The van der Waals surface area contributed by atoms with Gasteiger partial charge < -0.3 is 4.74 Å². The summed E-state index contributed by atoms with van der Waals surface area (Å²) in [5.41, 5.74) is 7.49. The van der Waals surface area contributed by atoms with Gasteiger partial charge in [-0.15, -0.1) is 0 Å². The smallest absolute Gasteiger partial charge is 0.269 e. The number of carbonyl (C=O) groups is 2. The number of rotatable bonds is 4. The zero-order valence-corrected chi connectivity index (χ0v) is 19.2. The van der Waals surface area contributed by atoms with Crippen LogP contribution in [0.2, 0.25) is 0 Å². The highest BCUT2D eigenvalue weighted by Crippen LogP contribution is 2.22. The van der Waals surface area contributed by atoms with Gasteiger partial charge in [0.25, 0.3) is 11.8 Å². The van der Waals surface area contributed by atoms with Gasteiger partial charge in [0.2, 0.25) is 0 Å². The summed E-state index contributed by atoms with van der Waals surface area (Å²) in [6.07, 6.45) is 0. The van der Waals surface area contributed by atoms with Gasteiger partial charge in [0, 0.05) is 10.0 Å². The molecular weight excluding hydrogens is 454 g/mol. The minimum Gasteiger partial charge on any atom is -0.483 e. The molecule has 0 atom stereocenters. The second kappa shape index (κ2) is 9.84. The van der Waals surface area contributed by atoms with Crippen LogP contribution in [0.4, 0.5) is 0 Å². The number of hydrogen-bond donors (Lipinski definition) is 3. The van der Waals surface area contributed by atoms with Crippen LogP contribution in [0.25, 0.3) is 0 Å². The molecule has 0 aliphatic rings. The Morgan fingerprint density at radius 3 is 2.31 bits per heavy atom. The van der Waals surface area contributed by atoms with E-state index in [9.17, 15) is 9.59 Å². The highest BCUT2D eigenvalue weighted by Gasteiger charge is 2.14. The Kier molecular flexibility index (Phi) is 7.75. The van der Waals surface area contributed by atoms with Crippen molar-refractivity contribution >= 4 is 45.1 Å². The molecule has 2 amide bonds. The number of hydrogen-bond acceptors (Lipinski definition) is 4. The van der Waals surface area contributed by atoms with E-state index in [1.165, 1.54) is 0 Å². The van der Waals surface area contributed by atoms with Crippen molar-refractivity contribution in [1.82, 2.24) is 16.2 Å². The summed E-state index contributed by atoms with van der Waals surface area (Å²) in [5.74, 6) is -0.188. The normalized spacial score (nSPS) is 10.8. The van der Waals surface area contributed by atoms with Crippen LogP contribution in [0.5, 0.6) is 5.75 Å². The van der Waals surface area contributed by atoms with Crippen LogP contribution in [-0.2, 0) is 10.2 Å². The summed E-state index contributed by atoms with van der Waals surface area (Å²) in [5, 5.41) is 2.43. The van der Waals surface area contributed by atoms with Gasteiger partial charge in [-0.05, 0) is 66.0 Å². The second-order valence-corrected chi connectivity index (χ2v) is 8.81. The lowest BCUT2D eigenvalue weighted by molar-refractivity contribution is -0.121. The van der Waals surface area contributed by atoms with Crippen LogP contribution < -0.4 is 20.9 Å². The summed E-state index contributed by atoms with van der Waals surface area (Å²) in [6.45, 7) is 7.99. The van der Waals surface area contributed by atoms with Crippen LogP contribution in [-0.4, -0.2) is 23.5 Å². The van der Waals surface area contributed by atoms with Crippen LogP contribution in [0.15, 0.2) is 46.9 Å². The first kappa shape index (κ1) is 22.8. The van der Waals surface area contributed by atoms with Gasteiger partial charge in [-0.25, -0.2) is 0 Å². The van der Waals surface area contributed by atoms with Gasteiger partial charge >= 0.3 is 0 Å². The van der Waals surface area contributed by atoms with Crippen molar-refractivity contribution < 1.29 is 14.3 Å². The van der Waals surface area contributed by atoms with Crippen molar-refractivity contribution in [3.05, 3.63) is 63.6 Å². The van der Waals surface area contributed by atoms with Crippen LogP contribution in [0, 0.1) is 6.92 Å². The number of amides is 2. The third-order valence-corrected chi connectivity index (χ3v) is 4.75. The first-order chi connectivity index (χ1) is 13.6. The highest BCUT2D eigenvalue weighted by molar-refractivity contribution is 9.10. The molecule has 2 rings (SSSR count). The summed E-state index contributed by atoms with van der Waals surface area (Å²) in [7, 11) is 0. The Labute approximate surface area is 184 Å². The third-order valence-electron chi connectivity index (χ3n) is 4.05. The van der Waals surface area contributed by atoms with Gasteiger partial charge in [-0.1, -0.05) is 48.8 Å². The van der Waals surface area contributed by atoms with Crippen LogP contribution >= 0.6 is 28.1 Å². The van der Waals surface area contributed by atoms with E-state index in [2.05, 4.69) is 52.9 Å². The van der Waals surface area contributed by atoms with Crippen molar-refractivity contribution in [3.63, 3.8) is 0 Å². The van der Waals surface area contributed by atoms with E-state index < -0.39 is 5.91 Å². The van der Waals surface area contributed by atoms with Crippen molar-refractivity contribution in [3.8, 4) is 5.75 Å². The molecule has 0 saturated heterocycles. The molecule has 0 aliphatic carbocycles. The summed E-state index contributed by atoms with van der Waals surface area (Å²) < 4.78 is 6.41. The third kappa shape index (κ3) is 7.14. The average molecular weight is 478 g/mol. The van der Waals surface area contributed by atoms with Crippen molar-refractivity contribution in [2.24, 2.45) is 0 Å². The fourth-order valence-corrected chi connectivity index (χ4v) is 3.06. The molecular formula is C21H24BrN3O3S. The Morgan fingerprint density at radius 1 is 1.07 bits per heavy atom. The minimum atomic E-state index is -0.436. The molecule has 2 aromatic rings. The molecule has 0 radical (unpaired) electrons. The first-order valence-corrected chi connectivity index (χ1v) is 10.2. The SMILES string of the molecule is Cc1cc(Br)ccc1OCC(=O)NC(=S)NNC(=O)c1ccc(C(C)(C)C)cc1. The van der Waals surface area contributed by atoms with Gasteiger partial charge in [-0.2, -0.15) is 0 Å². The Morgan fingerprint density at radius 2 is 1.72 bits per heavy atom. The average Bonchev–Trinajstić information content (AvgIpc) is 2.65. The molecule has 0 unspecified atom stereocenters. The summed E-state index contributed by atoms with van der Waals surface area (Å²) in [4.78, 5) is 24.2. The Balaban J connectivity index is 1.78. The number of ether oxygens (including phenoxy) is 1. The lowest BCUT2D eigenvalue weighted by Gasteiger charge is -2.19.